The van der Waals surface area contributed by atoms with Crippen LogP contribution in [-0.4, -0.2) is 45.5 Å². The lowest BCUT2D eigenvalue weighted by atomic mass is 10.3. The molecule has 0 radical (unpaired) electrons. The lowest BCUT2D eigenvalue weighted by Gasteiger charge is -2.25. The summed E-state index contributed by atoms with van der Waals surface area (Å²) in [5.41, 5.74) is 2.46. The van der Waals surface area contributed by atoms with E-state index in [-0.39, 0.29) is 0 Å². The predicted octanol–water partition coefficient (Wildman–Crippen LogP) is 2.16. The molecule has 1 aromatic heterocycles. The third-order valence-electron chi connectivity index (χ3n) is 2.69. The number of methoxy groups -OCH3 is 2. The number of nitrogens with one attached hydrogen (secondary N) is 1. The highest BCUT2D eigenvalue weighted by Gasteiger charge is 2.15. The highest BCUT2D eigenvalue weighted by Crippen LogP contribution is 2.31. The second-order valence-corrected chi connectivity index (χ2v) is 4.91. The van der Waals surface area contributed by atoms with Gasteiger partial charge in [-0.25, -0.2) is 10.8 Å². The average Bonchev–Trinajstić information content (AvgIpc) is 2.43. The second-order valence-electron chi connectivity index (χ2n) is 4.09. The molecule has 0 bridgehead atoms. The quantitative estimate of drug-likeness (QED) is 0.412. The van der Waals surface area contributed by atoms with E-state index < -0.39 is 0 Å². The van der Waals surface area contributed by atoms with E-state index in [0.29, 0.717) is 41.4 Å². The maximum absolute atomic E-state index is 6.22. The van der Waals surface area contributed by atoms with Crippen LogP contribution >= 0.6 is 23.2 Å². The molecule has 0 saturated carbocycles. The van der Waals surface area contributed by atoms with E-state index in [9.17, 15) is 0 Å². The van der Waals surface area contributed by atoms with Crippen molar-refractivity contribution in [3.8, 4) is 0 Å². The van der Waals surface area contributed by atoms with E-state index in [4.69, 9.17) is 38.5 Å². The zero-order valence-electron chi connectivity index (χ0n) is 11.7. The van der Waals surface area contributed by atoms with Gasteiger partial charge in [-0.2, -0.15) is 0 Å². The van der Waals surface area contributed by atoms with Crippen molar-refractivity contribution >= 4 is 34.8 Å². The molecule has 20 heavy (non-hydrogen) atoms. The number of pyridine rings is 1. The Morgan fingerprint density at radius 3 is 2.50 bits per heavy atom. The number of rotatable bonds is 9. The van der Waals surface area contributed by atoms with Gasteiger partial charge in [0.05, 0.1) is 16.7 Å². The number of halogens is 2. The van der Waals surface area contributed by atoms with Crippen LogP contribution in [0.5, 0.6) is 0 Å². The van der Waals surface area contributed by atoms with Crippen molar-refractivity contribution in [2.75, 3.05) is 50.8 Å². The Balaban J connectivity index is 2.92. The van der Waals surface area contributed by atoms with Crippen molar-refractivity contribution in [1.82, 2.24) is 4.98 Å². The van der Waals surface area contributed by atoms with Gasteiger partial charge in [0.2, 0.25) is 0 Å². The molecule has 0 amide bonds. The molecule has 1 heterocycles. The Bertz CT molecular complexity index is 421. The number of hydrogen-bond acceptors (Lipinski definition) is 6. The van der Waals surface area contributed by atoms with Gasteiger partial charge in [-0.15, -0.1) is 0 Å². The summed E-state index contributed by atoms with van der Waals surface area (Å²) in [4.78, 5) is 6.37. The molecule has 6 nitrogen and oxygen atoms in total. The van der Waals surface area contributed by atoms with Crippen LogP contribution in [0.4, 0.5) is 11.6 Å². The Labute approximate surface area is 129 Å². The first-order valence-corrected chi connectivity index (χ1v) is 6.95. The van der Waals surface area contributed by atoms with Crippen molar-refractivity contribution in [1.29, 1.82) is 0 Å². The van der Waals surface area contributed by atoms with E-state index in [1.807, 2.05) is 4.90 Å². The van der Waals surface area contributed by atoms with Crippen LogP contribution in [0.15, 0.2) is 6.07 Å². The summed E-state index contributed by atoms with van der Waals surface area (Å²) >= 11 is 12.2. The molecule has 8 heteroatoms. The summed E-state index contributed by atoms with van der Waals surface area (Å²) in [5, 5.41) is 0.854. The molecule has 0 aliphatic carbocycles. The minimum atomic E-state index is 0.379. The summed E-state index contributed by atoms with van der Waals surface area (Å²) < 4.78 is 10.2. The topological polar surface area (TPSA) is 72.6 Å². The maximum Gasteiger partial charge on any atom is 0.161 e. The van der Waals surface area contributed by atoms with Gasteiger partial charge in [-0.3, -0.25) is 0 Å². The molecule has 0 saturated heterocycles. The molecular formula is C12H20Cl2N4O2. The number of anilines is 2. The summed E-state index contributed by atoms with van der Waals surface area (Å²) in [6.07, 6.45) is 0.853. The highest BCUT2D eigenvalue weighted by atomic mass is 35.5. The summed E-state index contributed by atoms with van der Waals surface area (Å²) in [7, 11) is 3.32. The van der Waals surface area contributed by atoms with Crippen LogP contribution in [0.1, 0.15) is 6.42 Å². The number of ether oxygens (including phenoxy) is 2. The average molecular weight is 323 g/mol. The molecule has 0 aromatic carbocycles. The normalized spacial score (nSPS) is 10.7. The standard InChI is InChI=1S/C12H20Cl2N4O2/c1-19-6-3-4-18(5-7-20-2)12-10(14)8-9(13)11(16-12)17-15/h8H,3-7,15H2,1-2H3,(H,16,17). The molecule has 0 aliphatic heterocycles. The van der Waals surface area contributed by atoms with Crippen LogP contribution in [0.25, 0.3) is 0 Å². The van der Waals surface area contributed by atoms with E-state index in [1.54, 1.807) is 20.3 Å². The van der Waals surface area contributed by atoms with Gasteiger partial charge in [-0.05, 0) is 12.5 Å². The Kier molecular flexibility index (Phi) is 7.94. The first kappa shape index (κ1) is 17.3. The third kappa shape index (κ3) is 4.96. The first-order chi connectivity index (χ1) is 9.63. The third-order valence-corrected chi connectivity index (χ3v) is 3.26. The van der Waals surface area contributed by atoms with E-state index >= 15 is 0 Å². The molecule has 1 rings (SSSR count). The summed E-state index contributed by atoms with van der Waals surface area (Å²) in [6, 6.07) is 1.62. The van der Waals surface area contributed by atoms with E-state index in [1.165, 1.54) is 0 Å². The monoisotopic (exact) mass is 322 g/mol. The van der Waals surface area contributed by atoms with E-state index in [0.717, 1.165) is 13.0 Å². The van der Waals surface area contributed by atoms with Crippen LogP contribution in [0.3, 0.4) is 0 Å². The number of hydrogen-bond donors (Lipinski definition) is 2. The van der Waals surface area contributed by atoms with Crippen LogP contribution < -0.4 is 16.2 Å². The van der Waals surface area contributed by atoms with E-state index in [2.05, 4.69) is 10.4 Å². The zero-order chi connectivity index (χ0) is 15.0. The van der Waals surface area contributed by atoms with Gasteiger partial charge in [-0.1, -0.05) is 23.2 Å². The Morgan fingerprint density at radius 2 is 1.90 bits per heavy atom. The fourth-order valence-electron chi connectivity index (χ4n) is 1.70. The fourth-order valence-corrected chi connectivity index (χ4v) is 2.24. The molecule has 1 aromatic rings. The molecule has 0 fully saturated rings. The number of hydrazine groups is 1. The highest BCUT2D eigenvalue weighted by molar-refractivity contribution is 6.37. The number of aromatic nitrogens is 1. The Hall–Kier alpha value is -0.790. The predicted molar refractivity (Wildman–Crippen MR) is 82.6 cm³/mol. The lowest BCUT2D eigenvalue weighted by Crippen LogP contribution is -2.30. The van der Waals surface area contributed by atoms with Gasteiger partial charge >= 0.3 is 0 Å². The van der Waals surface area contributed by atoms with Gasteiger partial charge in [0, 0.05) is 33.9 Å². The number of nitrogens with zero attached hydrogens (tertiary/aromatic N) is 2. The van der Waals surface area contributed by atoms with Gasteiger partial charge in [0.15, 0.2) is 5.82 Å². The van der Waals surface area contributed by atoms with Crippen molar-refractivity contribution in [2.45, 2.75) is 6.42 Å². The van der Waals surface area contributed by atoms with Crippen molar-refractivity contribution < 1.29 is 9.47 Å². The summed E-state index contributed by atoms with van der Waals surface area (Å²) in [6.45, 7) is 2.64. The lowest BCUT2D eigenvalue weighted by molar-refractivity contribution is 0.191. The molecule has 114 valence electrons. The molecule has 0 unspecified atom stereocenters. The van der Waals surface area contributed by atoms with Gasteiger partial charge in [0.25, 0.3) is 0 Å². The minimum Gasteiger partial charge on any atom is -0.385 e. The van der Waals surface area contributed by atoms with Crippen molar-refractivity contribution in [2.24, 2.45) is 5.84 Å². The molecule has 0 atom stereocenters. The molecule has 3 N–H and O–H groups in total. The summed E-state index contributed by atoms with van der Waals surface area (Å²) in [5.74, 6) is 6.40. The zero-order valence-corrected chi connectivity index (χ0v) is 13.2. The van der Waals surface area contributed by atoms with Crippen LogP contribution in [0.2, 0.25) is 10.0 Å². The molecular weight excluding hydrogens is 303 g/mol. The second kappa shape index (κ2) is 9.20. The minimum absolute atomic E-state index is 0.379. The van der Waals surface area contributed by atoms with Crippen molar-refractivity contribution in [3.63, 3.8) is 0 Å². The largest absolute Gasteiger partial charge is 0.385 e. The maximum atomic E-state index is 6.22. The van der Waals surface area contributed by atoms with Crippen LogP contribution in [-0.2, 0) is 9.47 Å². The van der Waals surface area contributed by atoms with Crippen molar-refractivity contribution in [3.05, 3.63) is 16.1 Å². The SMILES string of the molecule is COCCCN(CCOC)c1nc(NN)c(Cl)cc1Cl. The fraction of sp³-hybridized carbons (Fsp3) is 0.583. The van der Waals surface area contributed by atoms with Crippen LogP contribution in [0, 0.1) is 0 Å². The molecule has 0 spiro atoms. The number of nitrogens with two attached hydrogens (primary N) is 1. The number of nitrogen functional groups attached to an aromatic ring is 1. The first-order valence-electron chi connectivity index (χ1n) is 6.19. The smallest absolute Gasteiger partial charge is 0.161 e. The Morgan fingerprint density at radius 1 is 1.20 bits per heavy atom. The molecule has 0 aliphatic rings. The van der Waals surface area contributed by atoms with Gasteiger partial charge < -0.3 is 19.8 Å². The van der Waals surface area contributed by atoms with Gasteiger partial charge in [0.1, 0.15) is 5.82 Å².